The van der Waals surface area contributed by atoms with E-state index in [1.165, 1.54) is 30.3 Å². The van der Waals surface area contributed by atoms with Gasteiger partial charge in [0.1, 0.15) is 17.4 Å². The molecule has 6 heteroatoms. The number of phenols is 1. The van der Waals surface area contributed by atoms with Crippen LogP contribution in [0.1, 0.15) is 5.56 Å². The number of phenolic OH excluding ortho intramolecular Hbond substituents is 1. The van der Waals surface area contributed by atoms with Crippen LogP contribution in [0.25, 0.3) is 17.0 Å². The van der Waals surface area contributed by atoms with Crippen LogP contribution in [-0.4, -0.2) is 16.0 Å². The fourth-order valence-corrected chi connectivity index (χ4v) is 2.32. The van der Waals surface area contributed by atoms with Crippen LogP contribution in [-0.2, 0) is 4.79 Å². The number of H-pyrrole nitrogens is 1. The molecule has 0 radical (unpaired) electrons. The van der Waals surface area contributed by atoms with Gasteiger partial charge in [0.2, 0.25) is 0 Å². The molecule has 25 heavy (non-hydrogen) atoms. The Balaban J connectivity index is 1.93. The number of carbonyl (C=O) groups excluding carboxylic acids is 1. The van der Waals surface area contributed by atoms with Crippen molar-refractivity contribution in [3.63, 3.8) is 0 Å². The summed E-state index contributed by atoms with van der Waals surface area (Å²) in [6.07, 6.45) is 1.25. The van der Waals surface area contributed by atoms with Crippen LogP contribution in [0, 0.1) is 11.3 Å². The SMILES string of the molecule is N#CC(=Cc1cc2ccccc2[nH]c1=O)C(=O)Nc1ccc(O)cc1. The lowest BCUT2D eigenvalue weighted by atomic mass is 10.1. The number of hydrogen-bond donors (Lipinski definition) is 3. The number of nitrogens with zero attached hydrogens (tertiary/aromatic N) is 1. The molecule has 0 saturated carbocycles. The maximum atomic E-state index is 12.2. The Hall–Kier alpha value is -3.85. The summed E-state index contributed by atoms with van der Waals surface area (Å²) in [5, 5.41) is 21.8. The number of anilines is 1. The van der Waals surface area contributed by atoms with Gasteiger partial charge in [-0.1, -0.05) is 18.2 Å². The first kappa shape index (κ1) is 16.0. The maximum Gasteiger partial charge on any atom is 0.266 e. The molecule has 1 aromatic heterocycles. The van der Waals surface area contributed by atoms with E-state index in [1.807, 2.05) is 12.1 Å². The summed E-state index contributed by atoms with van der Waals surface area (Å²) < 4.78 is 0. The van der Waals surface area contributed by atoms with Crippen LogP contribution in [0.4, 0.5) is 5.69 Å². The molecule has 0 spiro atoms. The van der Waals surface area contributed by atoms with E-state index in [9.17, 15) is 20.0 Å². The number of benzene rings is 2. The van der Waals surface area contributed by atoms with E-state index in [-0.39, 0.29) is 22.4 Å². The van der Waals surface area contributed by atoms with E-state index in [0.717, 1.165) is 5.39 Å². The average molecular weight is 331 g/mol. The lowest BCUT2D eigenvalue weighted by Crippen LogP contribution is -2.15. The minimum atomic E-state index is -0.638. The van der Waals surface area contributed by atoms with Crippen LogP contribution >= 0.6 is 0 Å². The van der Waals surface area contributed by atoms with Crippen LogP contribution in [0.15, 0.2) is 65.0 Å². The van der Waals surface area contributed by atoms with Crippen LogP contribution < -0.4 is 10.9 Å². The molecule has 0 aliphatic carbocycles. The summed E-state index contributed by atoms with van der Waals surface area (Å²) in [6.45, 7) is 0. The number of amides is 1. The molecular weight excluding hydrogens is 318 g/mol. The van der Waals surface area contributed by atoms with Crippen LogP contribution in [0.2, 0.25) is 0 Å². The molecule has 1 heterocycles. The van der Waals surface area contributed by atoms with Crippen LogP contribution in [0.5, 0.6) is 5.75 Å². The zero-order valence-electron chi connectivity index (χ0n) is 13.0. The number of hydrogen-bond acceptors (Lipinski definition) is 4. The Labute approximate surface area is 142 Å². The van der Waals surface area contributed by atoms with Gasteiger partial charge in [-0.2, -0.15) is 5.26 Å². The summed E-state index contributed by atoms with van der Waals surface area (Å²) in [5.41, 5.74) is 0.738. The molecule has 3 aromatic rings. The number of rotatable bonds is 3. The molecule has 0 bridgehead atoms. The Morgan fingerprint density at radius 2 is 1.88 bits per heavy atom. The van der Waals surface area contributed by atoms with E-state index in [4.69, 9.17) is 0 Å². The van der Waals surface area contributed by atoms with Gasteiger partial charge < -0.3 is 15.4 Å². The molecule has 3 rings (SSSR count). The molecule has 2 aromatic carbocycles. The molecule has 3 N–H and O–H groups in total. The predicted octanol–water partition coefficient (Wildman–Crippen LogP) is 2.78. The largest absolute Gasteiger partial charge is 0.508 e. The normalized spacial score (nSPS) is 11.1. The lowest BCUT2D eigenvalue weighted by molar-refractivity contribution is -0.112. The second kappa shape index (κ2) is 6.72. The molecule has 0 saturated heterocycles. The van der Waals surface area contributed by atoms with Crippen molar-refractivity contribution in [2.45, 2.75) is 0 Å². The van der Waals surface area contributed by atoms with Gasteiger partial charge in [-0.05, 0) is 47.9 Å². The molecule has 0 fully saturated rings. The third-order valence-electron chi connectivity index (χ3n) is 3.57. The van der Waals surface area contributed by atoms with Crippen molar-refractivity contribution in [3.05, 3.63) is 76.1 Å². The third kappa shape index (κ3) is 3.57. The second-order valence-electron chi connectivity index (χ2n) is 5.31. The molecule has 0 unspecified atom stereocenters. The fraction of sp³-hybridized carbons (Fsp3) is 0. The monoisotopic (exact) mass is 331 g/mol. The van der Waals surface area contributed by atoms with Crippen molar-refractivity contribution in [3.8, 4) is 11.8 Å². The predicted molar refractivity (Wildman–Crippen MR) is 94.9 cm³/mol. The topological polar surface area (TPSA) is 106 Å². The Kier molecular flexibility index (Phi) is 4.31. The Morgan fingerprint density at radius 3 is 2.60 bits per heavy atom. The highest BCUT2D eigenvalue weighted by molar-refractivity contribution is 6.09. The smallest absolute Gasteiger partial charge is 0.266 e. The standard InChI is InChI=1S/C19H13N3O3/c20-11-14(19(25)21-15-5-7-16(23)8-6-15)10-13-9-12-3-1-2-4-17(12)22-18(13)24/h1-10,23H,(H,21,25)(H,22,24). The number of aromatic hydroxyl groups is 1. The van der Waals surface area contributed by atoms with Crippen molar-refractivity contribution >= 4 is 28.6 Å². The molecule has 0 aliphatic heterocycles. The van der Waals surface area contributed by atoms with Crippen molar-refractivity contribution in [2.24, 2.45) is 0 Å². The quantitative estimate of drug-likeness (QED) is 0.390. The minimum Gasteiger partial charge on any atom is -0.508 e. The summed E-state index contributed by atoms with van der Waals surface area (Å²) >= 11 is 0. The molecule has 0 aliphatic rings. The van der Waals surface area contributed by atoms with E-state index < -0.39 is 5.91 Å². The van der Waals surface area contributed by atoms with Crippen LogP contribution in [0.3, 0.4) is 0 Å². The number of aromatic nitrogens is 1. The van der Waals surface area contributed by atoms with Gasteiger partial charge in [0.15, 0.2) is 0 Å². The summed E-state index contributed by atoms with van der Waals surface area (Å²) in [4.78, 5) is 27.1. The first-order valence-corrected chi connectivity index (χ1v) is 7.41. The van der Waals surface area contributed by atoms with Crippen molar-refractivity contribution in [2.75, 3.05) is 5.32 Å². The molecule has 6 nitrogen and oxygen atoms in total. The summed E-state index contributed by atoms with van der Waals surface area (Å²) in [6, 6.07) is 16.5. The third-order valence-corrected chi connectivity index (χ3v) is 3.57. The zero-order chi connectivity index (χ0) is 17.8. The van der Waals surface area contributed by atoms with Gasteiger partial charge in [0, 0.05) is 16.8 Å². The number of pyridine rings is 1. The summed E-state index contributed by atoms with van der Waals surface area (Å²) in [5.74, 6) is -0.572. The van der Waals surface area contributed by atoms with E-state index >= 15 is 0 Å². The van der Waals surface area contributed by atoms with Crippen molar-refractivity contribution < 1.29 is 9.90 Å². The molecule has 122 valence electrons. The number of nitrogens with one attached hydrogen (secondary N) is 2. The number of nitriles is 1. The summed E-state index contributed by atoms with van der Waals surface area (Å²) in [7, 11) is 0. The Bertz CT molecular complexity index is 1070. The number of aromatic amines is 1. The van der Waals surface area contributed by atoms with Gasteiger partial charge in [-0.3, -0.25) is 9.59 Å². The fourth-order valence-electron chi connectivity index (χ4n) is 2.32. The van der Waals surface area contributed by atoms with Crippen molar-refractivity contribution in [1.29, 1.82) is 5.26 Å². The van der Waals surface area contributed by atoms with Gasteiger partial charge in [0.25, 0.3) is 11.5 Å². The molecule has 1 amide bonds. The van der Waals surface area contributed by atoms with E-state index in [2.05, 4.69) is 10.3 Å². The molecule has 0 atom stereocenters. The first-order chi connectivity index (χ1) is 12.1. The minimum absolute atomic E-state index is 0.0664. The number of para-hydroxylation sites is 1. The number of carbonyl (C=O) groups is 1. The highest BCUT2D eigenvalue weighted by Crippen LogP contribution is 2.16. The van der Waals surface area contributed by atoms with Gasteiger partial charge >= 0.3 is 0 Å². The average Bonchev–Trinajstić information content (AvgIpc) is 2.61. The zero-order valence-corrected chi connectivity index (χ0v) is 13.0. The maximum absolute atomic E-state index is 12.2. The lowest BCUT2D eigenvalue weighted by Gasteiger charge is -2.04. The van der Waals surface area contributed by atoms with Crippen molar-refractivity contribution in [1.82, 2.24) is 4.98 Å². The highest BCUT2D eigenvalue weighted by atomic mass is 16.3. The number of fused-ring (bicyclic) bond motifs is 1. The Morgan fingerprint density at radius 1 is 1.16 bits per heavy atom. The van der Waals surface area contributed by atoms with Gasteiger partial charge in [-0.15, -0.1) is 0 Å². The molecular formula is C19H13N3O3. The van der Waals surface area contributed by atoms with Gasteiger partial charge in [0.05, 0.1) is 0 Å². The highest BCUT2D eigenvalue weighted by Gasteiger charge is 2.11. The van der Waals surface area contributed by atoms with Gasteiger partial charge in [-0.25, -0.2) is 0 Å². The van der Waals surface area contributed by atoms with E-state index in [1.54, 1.807) is 24.3 Å². The second-order valence-corrected chi connectivity index (χ2v) is 5.31. The van der Waals surface area contributed by atoms with E-state index in [0.29, 0.717) is 11.2 Å². The first-order valence-electron chi connectivity index (χ1n) is 7.41.